The van der Waals surface area contributed by atoms with E-state index in [0.717, 1.165) is 17.4 Å². The molecule has 0 aliphatic carbocycles. The average molecular weight is 366 g/mol. The highest BCUT2D eigenvalue weighted by atomic mass is 32.1. The number of hydrogen-bond donors (Lipinski definition) is 1. The van der Waals surface area contributed by atoms with Crippen molar-refractivity contribution in [3.63, 3.8) is 0 Å². The molecule has 3 aromatic rings. The van der Waals surface area contributed by atoms with Gasteiger partial charge in [-0.3, -0.25) is 4.98 Å². The second-order valence-electron chi connectivity index (χ2n) is 6.19. The number of aryl methyl sites for hydroxylation is 1. The molecule has 1 aliphatic heterocycles. The van der Waals surface area contributed by atoms with Gasteiger partial charge in [-0.1, -0.05) is 36.4 Å². The van der Waals surface area contributed by atoms with Crippen LogP contribution in [0.1, 0.15) is 33.1 Å². The highest BCUT2D eigenvalue weighted by Gasteiger charge is 2.40. The average Bonchev–Trinajstić information content (AvgIpc) is 3.20. The van der Waals surface area contributed by atoms with Crippen LogP contribution in [0.5, 0.6) is 0 Å². The Morgan fingerprint density at radius 3 is 2.56 bits per heavy atom. The van der Waals surface area contributed by atoms with Gasteiger partial charge in [-0.15, -0.1) is 11.3 Å². The minimum absolute atomic E-state index is 0.0652. The summed E-state index contributed by atoms with van der Waals surface area (Å²) in [5, 5.41) is 4.29. The Hall–Kier alpha value is -2.24. The molecular formula is C20H19N3S2. The normalized spacial score (nSPS) is 19.9. The van der Waals surface area contributed by atoms with Crippen molar-refractivity contribution < 1.29 is 0 Å². The van der Waals surface area contributed by atoms with Crippen LogP contribution in [0.4, 0.5) is 0 Å². The van der Waals surface area contributed by atoms with Gasteiger partial charge in [-0.05, 0) is 49.0 Å². The summed E-state index contributed by atoms with van der Waals surface area (Å²) in [5.74, 6) is 0. The first-order valence-electron chi connectivity index (χ1n) is 8.31. The number of hydrogen-bond acceptors (Lipinski definition) is 3. The molecule has 1 aliphatic rings. The summed E-state index contributed by atoms with van der Waals surface area (Å²) < 4.78 is 0. The highest BCUT2D eigenvalue weighted by molar-refractivity contribution is 7.80. The van der Waals surface area contributed by atoms with Crippen LogP contribution < -0.4 is 5.32 Å². The summed E-state index contributed by atoms with van der Waals surface area (Å²) in [6, 6.07) is 21.1. The maximum absolute atomic E-state index is 5.69. The smallest absolute Gasteiger partial charge is 0.170 e. The molecule has 1 N–H and O–H groups in total. The molecule has 1 fully saturated rings. The van der Waals surface area contributed by atoms with Gasteiger partial charge in [0.25, 0.3) is 0 Å². The lowest BCUT2D eigenvalue weighted by Crippen LogP contribution is -2.28. The van der Waals surface area contributed by atoms with Crippen LogP contribution in [0.3, 0.4) is 0 Å². The number of thiophene rings is 1. The van der Waals surface area contributed by atoms with Gasteiger partial charge in [-0.2, -0.15) is 0 Å². The molecule has 0 radical (unpaired) electrons. The van der Waals surface area contributed by atoms with Gasteiger partial charge in [0.05, 0.1) is 17.8 Å². The van der Waals surface area contributed by atoms with Crippen LogP contribution in [0, 0.1) is 6.92 Å². The van der Waals surface area contributed by atoms with Crippen LogP contribution in [-0.2, 0) is 6.54 Å². The third kappa shape index (κ3) is 3.30. The number of nitrogens with one attached hydrogen (secondary N) is 1. The first-order valence-corrected chi connectivity index (χ1v) is 9.53. The van der Waals surface area contributed by atoms with E-state index in [1.165, 1.54) is 15.3 Å². The lowest BCUT2D eigenvalue weighted by atomic mass is 10.0. The fourth-order valence-corrected chi connectivity index (χ4v) is 4.61. The minimum Gasteiger partial charge on any atom is -0.352 e. The van der Waals surface area contributed by atoms with E-state index in [4.69, 9.17) is 12.2 Å². The summed E-state index contributed by atoms with van der Waals surface area (Å²) >= 11 is 7.52. The van der Waals surface area contributed by atoms with Gasteiger partial charge in [-0.25, -0.2) is 0 Å². The zero-order valence-corrected chi connectivity index (χ0v) is 15.6. The number of nitrogens with zero attached hydrogens (tertiary/aromatic N) is 2. The maximum Gasteiger partial charge on any atom is 0.170 e. The van der Waals surface area contributed by atoms with Crippen molar-refractivity contribution in [2.45, 2.75) is 25.6 Å². The maximum atomic E-state index is 5.69. The summed E-state index contributed by atoms with van der Waals surface area (Å²) in [4.78, 5) is 9.49. The van der Waals surface area contributed by atoms with E-state index >= 15 is 0 Å². The Balaban J connectivity index is 1.72. The molecule has 0 saturated carbocycles. The Morgan fingerprint density at radius 1 is 1.08 bits per heavy atom. The second kappa shape index (κ2) is 6.94. The van der Waals surface area contributed by atoms with Crippen molar-refractivity contribution >= 4 is 28.7 Å². The van der Waals surface area contributed by atoms with Gasteiger partial charge in [0.2, 0.25) is 0 Å². The van der Waals surface area contributed by atoms with Crippen molar-refractivity contribution in [1.29, 1.82) is 0 Å². The molecule has 0 bridgehead atoms. The molecule has 2 atom stereocenters. The third-order valence-corrected chi connectivity index (χ3v) is 5.87. The summed E-state index contributed by atoms with van der Waals surface area (Å²) in [5.41, 5.74) is 2.28. The SMILES string of the molecule is Cc1ccc([C@@H]2[C@@H](c3ccccn3)NC(=S)N2Cc2ccccc2)s1. The number of benzene rings is 1. The van der Waals surface area contributed by atoms with Gasteiger partial charge in [0.1, 0.15) is 0 Å². The molecule has 3 heterocycles. The van der Waals surface area contributed by atoms with Crippen LogP contribution >= 0.6 is 23.6 Å². The molecule has 4 rings (SSSR count). The van der Waals surface area contributed by atoms with Crippen molar-refractivity contribution in [2.24, 2.45) is 0 Å². The van der Waals surface area contributed by atoms with Crippen LogP contribution in [-0.4, -0.2) is 15.0 Å². The lowest BCUT2D eigenvalue weighted by Gasteiger charge is -2.27. The molecule has 1 aromatic carbocycles. The highest BCUT2D eigenvalue weighted by Crippen LogP contribution is 2.41. The van der Waals surface area contributed by atoms with Gasteiger partial charge >= 0.3 is 0 Å². The van der Waals surface area contributed by atoms with Crippen molar-refractivity contribution in [2.75, 3.05) is 0 Å². The molecule has 2 aromatic heterocycles. The summed E-state index contributed by atoms with van der Waals surface area (Å²) in [6.45, 7) is 2.93. The fourth-order valence-electron chi connectivity index (χ4n) is 3.28. The monoisotopic (exact) mass is 365 g/mol. The van der Waals surface area contributed by atoms with Gasteiger partial charge < -0.3 is 10.2 Å². The first-order chi connectivity index (χ1) is 12.2. The first kappa shape index (κ1) is 16.2. The second-order valence-corrected chi connectivity index (χ2v) is 7.89. The largest absolute Gasteiger partial charge is 0.352 e. The Bertz CT molecular complexity index is 861. The standard InChI is InChI=1S/C20H19N3S2/c1-14-10-11-17(25-14)19-18(16-9-5-6-12-21-16)22-20(24)23(19)13-15-7-3-2-4-8-15/h2-12,18-19H,13H2,1H3,(H,22,24)/t18-,19-/m1/s1. The molecule has 0 spiro atoms. The van der Waals surface area contributed by atoms with E-state index < -0.39 is 0 Å². The molecule has 126 valence electrons. The lowest BCUT2D eigenvalue weighted by molar-refractivity contribution is 0.315. The molecule has 5 heteroatoms. The van der Waals surface area contributed by atoms with Gasteiger partial charge in [0.15, 0.2) is 5.11 Å². The minimum atomic E-state index is 0.0652. The van der Waals surface area contributed by atoms with Crippen molar-refractivity contribution in [3.8, 4) is 0 Å². The number of aromatic nitrogens is 1. The zero-order chi connectivity index (χ0) is 17.2. The zero-order valence-electron chi connectivity index (χ0n) is 13.9. The predicted molar refractivity (Wildman–Crippen MR) is 106 cm³/mol. The Morgan fingerprint density at radius 2 is 1.88 bits per heavy atom. The topological polar surface area (TPSA) is 28.2 Å². The fraction of sp³-hybridized carbons (Fsp3) is 0.200. The number of rotatable bonds is 4. The van der Waals surface area contributed by atoms with E-state index in [0.29, 0.717) is 0 Å². The van der Waals surface area contributed by atoms with E-state index in [2.05, 4.69) is 64.6 Å². The van der Waals surface area contributed by atoms with Gasteiger partial charge in [0, 0.05) is 22.5 Å². The summed E-state index contributed by atoms with van der Waals surface area (Å²) in [7, 11) is 0. The molecule has 0 amide bonds. The predicted octanol–water partition coefficient (Wildman–Crippen LogP) is 4.62. The quantitative estimate of drug-likeness (QED) is 0.683. The molecule has 1 saturated heterocycles. The summed E-state index contributed by atoms with van der Waals surface area (Å²) in [6.07, 6.45) is 1.84. The van der Waals surface area contributed by atoms with Crippen LogP contribution in [0.25, 0.3) is 0 Å². The number of pyridine rings is 1. The van der Waals surface area contributed by atoms with E-state index in [1.54, 1.807) is 0 Å². The molecule has 0 unspecified atom stereocenters. The third-order valence-electron chi connectivity index (χ3n) is 4.45. The Labute approximate surface area is 157 Å². The Kier molecular flexibility index (Phi) is 4.51. The van der Waals surface area contributed by atoms with Crippen molar-refractivity contribution in [1.82, 2.24) is 15.2 Å². The van der Waals surface area contributed by atoms with E-state index in [9.17, 15) is 0 Å². The molecule has 3 nitrogen and oxygen atoms in total. The van der Waals surface area contributed by atoms with Crippen LogP contribution in [0.2, 0.25) is 0 Å². The van der Waals surface area contributed by atoms with E-state index in [1.807, 2.05) is 35.7 Å². The number of thiocarbonyl (C=S) groups is 1. The molecular weight excluding hydrogens is 346 g/mol. The van der Waals surface area contributed by atoms with E-state index in [-0.39, 0.29) is 12.1 Å². The van der Waals surface area contributed by atoms with Crippen molar-refractivity contribution in [3.05, 3.63) is 87.9 Å². The molecule has 25 heavy (non-hydrogen) atoms. The van der Waals surface area contributed by atoms with Crippen LogP contribution in [0.15, 0.2) is 66.9 Å².